The van der Waals surface area contributed by atoms with Gasteiger partial charge < -0.3 is 10.2 Å². The quantitative estimate of drug-likeness (QED) is 0.548. The maximum atomic E-state index is 13.3. The van der Waals surface area contributed by atoms with Crippen molar-refractivity contribution in [2.45, 2.75) is 36.0 Å². The number of likely N-dealkylation sites (tertiary alicyclic amines) is 1. The van der Waals surface area contributed by atoms with Crippen LogP contribution in [0.15, 0.2) is 94.7 Å². The van der Waals surface area contributed by atoms with Gasteiger partial charge in [0.25, 0.3) is 0 Å². The van der Waals surface area contributed by atoms with Gasteiger partial charge in [-0.3, -0.25) is 0 Å². The Labute approximate surface area is 219 Å². The molecule has 0 spiro atoms. The predicted octanol–water partition coefficient (Wildman–Crippen LogP) is 3.09. The van der Waals surface area contributed by atoms with Gasteiger partial charge in [-0.2, -0.15) is 0 Å². The molecule has 2 aliphatic heterocycles. The molecular weight excluding hydrogens is 515 g/mol. The Morgan fingerprint density at radius 3 is 2.50 bits per heavy atom. The molecule has 5 rings (SSSR count). The number of allylic oxidation sites excluding steroid dienone is 4. The molecule has 1 fully saturated rings. The molecule has 0 aromatic heterocycles. The molecule has 1 amide bonds. The Kier molecular flexibility index (Phi) is 6.83. The van der Waals surface area contributed by atoms with Gasteiger partial charge in [0.1, 0.15) is 0 Å². The molecule has 0 radical (unpaired) electrons. The van der Waals surface area contributed by atoms with Crippen LogP contribution >= 0.6 is 0 Å². The Morgan fingerprint density at radius 1 is 1.06 bits per heavy atom. The number of rotatable bonds is 6. The summed E-state index contributed by atoms with van der Waals surface area (Å²) in [5.74, 6) is -0.979. The van der Waals surface area contributed by atoms with Crippen LogP contribution in [0.25, 0.3) is 0 Å². The fourth-order valence-electron chi connectivity index (χ4n) is 5.22. The van der Waals surface area contributed by atoms with Crippen LogP contribution in [0.4, 0.5) is 0 Å². The van der Waals surface area contributed by atoms with Crippen molar-refractivity contribution in [1.29, 1.82) is 0 Å². The van der Waals surface area contributed by atoms with Crippen molar-refractivity contribution in [3.63, 3.8) is 0 Å². The molecule has 6 nitrogen and oxygen atoms in total. The van der Waals surface area contributed by atoms with Crippen molar-refractivity contribution >= 4 is 34.4 Å². The second-order valence-corrected chi connectivity index (χ2v) is 10.3. The number of carbonyl (C=O) groups excluding carboxylic acids is 1. The summed E-state index contributed by atoms with van der Waals surface area (Å²) in [5.41, 5.74) is 2.95. The molecule has 0 saturated carbocycles. The van der Waals surface area contributed by atoms with E-state index in [1.165, 1.54) is 11.1 Å². The monoisotopic (exact) mass is 544 g/mol. The molecule has 0 bridgehead atoms. The molecule has 2 heterocycles. The Bertz CT molecular complexity index is 1320. The van der Waals surface area contributed by atoms with Gasteiger partial charge in [-0.15, -0.1) is 0 Å². The fourth-order valence-corrected chi connectivity index (χ4v) is 5.76. The van der Waals surface area contributed by atoms with E-state index in [1.807, 2.05) is 4.90 Å². The van der Waals surface area contributed by atoms with Gasteiger partial charge in [-0.25, -0.2) is 4.79 Å². The molecule has 2 aromatic rings. The van der Waals surface area contributed by atoms with Crippen molar-refractivity contribution in [3.8, 4) is 0 Å². The van der Waals surface area contributed by atoms with Crippen LogP contribution in [0.2, 0.25) is 0 Å². The SMILES string of the molecule is O=C(C1=CC2=CC=C([C@](O)(C(=O)O)c3ccccc3)CC2=N1)N1CCC(c2cccc(C[AsH2])c2)CC1. The number of fused-ring (bicyclic) bond motifs is 1. The number of benzene rings is 2. The number of carbonyl (C=O) groups is 2. The molecule has 1 aliphatic carbocycles. The number of carboxylic acids is 1. The first-order valence-electron chi connectivity index (χ1n) is 12.2. The van der Waals surface area contributed by atoms with Gasteiger partial charge in [-0.1, -0.05) is 42.5 Å². The van der Waals surface area contributed by atoms with Crippen molar-refractivity contribution in [2.75, 3.05) is 13.1 Å². The Balaban J connectivity index is 1.27. The number of hydrogen-bond acceptors (Lipinski definition) is 4. The third-order valence-corrected chi connectivity index (χ3v) is 8.32. The summed E-state index contributed by atoms with van der Waals surface area (Å²) in [4.78, 5) is 31.8. The van der Waals surface area contributed by atoms with Gasteiger partial charge in [0, 0.05) is 6.42 Å². The minimum atomic E-state index is -2.16. The summed E-state index contributed by atoms with van der Waals surface area (Å²) in [5, 5.41) is 22.2. The zero-order valence-electron chi connectivity index (χ0n) is 19.9. The van der Waals surface area contributed by atoms with E-state index in [1.54, 1.807) is 65.4 Å². The Hall–Kier alpha value is -3.21. The number of nitrogens with zero attached hydrogens (tertiary/aromatic N) is 2. The van der Waals surface area contributed by atoms with E-state index in [0.29, 0.717) is 36.0 Å². The summed E-state index contributed by atoms with van der Waals surface area (Å²) < 4.78 is 0. The van der Waals surface area contributed by atoms with E-state index in [4.69, 9.17) is 0 Å². The van der Waals surface area contributed by atoms with E-state index < -0.39 is 11.6 Å². The van der Waals surface area contributed by atoms with Crippen molar-refractivity contribution in [1.82, 2.24) is 4.90 Å². The van der Waals surface area contributed by atoms with Gasteiger partial charge in [0.05, 0.1) is 0 Å². The molecule has 7 heteroatoms. The fraction of sp³-hybridized carbons (Fsp3) is 0.276. The molecule has 1 unspecified atom stereocenters. The summed E-state index contributed by atoms with van der Waals surface area (Å²) in [6, 6.07) is 17.1. The number of piperidine rings is 1. The van der Waals surface area contributed by atoms with Crippen LogP contribution < -0.4 is 0 Å². The maximum absolute atomic E-state index is 13.3. The van der Waals surface area contributed by atoms with Crippen LogP contribution in [0, 0.1) is 0 Å². The minimum absolute atomic E-state index is 0.0978. The number of aliphatic hydroxyl groups is 1. The summed E-state index contributed by atoms with van der Waals surface area (Å²) >= 11 is 1.71. The first-order chi connectivity index (χ1) is 17.4. The third kappa shape index (κ3) is 4.51. The predicted molar refractivity (Wildman–Crippen MR) is 142 cm³/mol. The topological polar surface area (TPSA) is 90.2 Å². The average Bonchev–Trinajstić information content (AvgIpc) is 3.36. The molecule has 184 valence electrons. The zero-order valence-corrected chi connectivity index (χ0v) is 22.4. The van der Waals surface area contributed by atoms with Crippen molar-refractivity contribution in [3.05, 3.63) is 106 Å². The molecule has 36 heavy (non-hydrogen) atoms. The molecular formula is C29H29AsN2O4. The Morgan fingerprint density at radius 2 is 1.81 bits per heavy atom. The molecule has 2 atom stereocenters. The van der Waals surface area contributed by atoms with Crippen LogP contribution in [-0.4, -0.2) is 62.6 Å². The van der Waals surface area contributed by atoms with Gasteiger partial charge in [0.15, 0.2) is 0 Å². The van der Waals surface area contributed by atoms with Crippen LogP contribution in [0.5, 0.6) is 0 Å². The second kappa shape index (κ2) is 10.0. The number of carboxylic acid groups (broad SMARTS) is 1. The van der Waals surface area contributed by atoms with Crippen LogP contribution in [0.3, 0.4) is 0 Å². The number of hydrogen-bond donors (Lipinski definition) is 2. The summed E-state index contributed by atoms with van der Waals surface area (Å²) in [6.45, 7) is 1.36. The summed E-state index contributed by atoms with van der Waals surface area (Å²) in [7, 11) is 0. The molecule has 3 aliphatic rings. The van der Waals surface area contributed by atoms with Crippen LogP contribution in [0.1, 0.15) is 41.9 Å². The normalized spacial score (nSPS) is 19.4. The van der Waals surface area contributed by atoms with Crippen molar-refractivity contribution < 1.29 is 19.8 Å². The molecule has 2 N–H and O–H groups in total. The van der Waals surface area contributed by atoms with E-state index >= 15 is 0 Å². The number of aliphatic carboxylic acids is 1. The second-order valence-electron chi connectivity index (χ2n) is 9.48. The van der Waals surface area contributed by atoms with E-state index in [0.717, 1.165) is 23.6 Å². The van der Waals surface area contributed by atoms with Gasteiger partial charge in [0.2, 0.25) is 5.60 Å². The molecule has 1 saturated heterocycles. The summed E-state index contributed by atoms with van der Waals surface area (Å²) in [6.07, 6.45) is 7.15. The van der Waals surface area contributed by atoms with E-state index in [2.05, 4.69) is 29.3 Å². The van der Waals surface area contributed by atoms with Crippen molar-refractivity contribution in [2.24, 2.45) is 4.99 Å². The average molecular weight is 544 g/mol. The third-order valence-electron chi connectivity index (χ3n) is 7.33. The molecule has 2 aromatic carbocycles. The number of aliphatic imine (C=N–C) groups is 1. The zero-order chi connectivity index (χ0) is 25.3. The first-order valence-corrected chi connectivity index (χ1v) is 13.9. The van der Waals surface area contributed by atoms with E-state index in [9.17, 15) is 19.8 Å². The standard InChI is InChI=1S/C29H29AsN2O4/c30-18-19-5-4-6-21(15-19)20-11-13-32(14-12-20)27(33)26-16-22-9-10-24(17-25(22)31-26)29(36,28(34)35)23-7-2-1-3-8-23/h1-10,15-16,20,36H,11-14,17-18,30H2,(H,34,35)/t29-/m0/s1. The first kappa shape index (κ1) is 24.5. The van der Waals surface area contributed by atoms with Gasteiger partial charge in [-0.05, 0) is 11.1 Å². The van der Waals surface area contributed by atoms with E-state index in [-0.39, 0.29) is 17.9 Å². The van der Waals surface area contributed by atoms with Crippen LogP contribution in [-0.2, 0) is 20.4 Å². The number of amides is 1. The van der Waals surface area contributed by atoms with Gasteiger partial charge >= 0.3 is 139 Å².